The fourth-order valence-corrected chi connectivity index (χ4v) is 1.33. The van der Waals surface area contributed by atoms with Crippen molar-refractivity contribution in [2.45, 2.75) is 13.3 Å². The van der Waals surface area contributed by atoms with Gasteiger partial charge in [0.2, 0.25) is 0 Å². The van der Waals surface area contributed by atoms with Crippen molar-refractivity contribution in [1.82, 2.24) is 0 Å². The van der Waals surface area contributed by atoms with Crippen LogP contribution in [0.4, 0.5) is 8.78 Å². The fourth-order valence-electron chi connectivity index (χ4n) is 1.33. The number of carbonyl (C=O) groups excluding carboxylic acids is 1. The molecule has 1 aromatic carbocycles. The number of carbonyl (C=O) groups is 1. The Morgan fingerprint density at radius 3 is 2.56 bits per heavy atom. The summed E-state index contributed by atoms with van der Waals surface area (Å²) in [5.41, 5.74) is -0.0850. The zero-order valence-corrected chi connectivity index (χ0v) is 8.75. The van der Waals surface area contributed by atoms with Crippen LogP contribution < -0.4 is 0 Å². The molecular formula is C11H9F2NO2. The molecule has 0 aliphatic carbocycles. The number of nitrogens with zero attached hydrogens (tertiary/aromatic N) is 1. The van der Waals surface area contributed by atoms with Crippen LogP contribution in [0.5, 0.6) is 0 Å². The molecule has 0 radical (unpaired) electrons. The summed E-state index contributed by atoms with van der Waals surface area (Å²) in [4.78, 5) is 11.3. The third-order valence-electron chi connectivity index (χ3n) is 2.17. The molecule has 0 amide bonds. The van der Waals surface area contributed by atoms with Gasteiger partial charge >= 0.3 is 5.97 Å². The van der Waals surface area contributed by atoms with Crippen molar-refractivity contribution in [3.63, 3.8) is 0 Å². The van der Waals surface area contributed by atoms with E-state index in [4.69, 9.17) is 5.26 Å². The lowest BCUT2D eigenvalue weighted by Gasteiger charge is -2.08. The maximum atomic E-state index is 12.5. The Labute approximate surface area is 91.3 Å². The van der Waals surface area contributed by atoms with E-state index in [2.05, 4.69) is 4.74 Å². The molecule has 0 bridgehead atoms. The number of nitriles is 1. The van der Waals surface area contributed by atoms with Crippen molar-refractivity contribution in [1.29, 1.82) is 5.26 Å². The topological polar surface area (TPSA) is 50.1 Å². The number of halogens is 2. The highest BCUT2D eigenvalue weighted by molar-refractivity contribution is 5.92. The van der Waals surface area contributed by atoms with Crippen molar-refractivity contribution in [3.8, 4) is 6.07 Å². The summed E-state index contributed by atoms with van der Waals surface area (Å²) in [6.45, 7) is 1.45. The molecule has 3 nitrogen and oxygen atoms in total. The second kappa shape index (κ2) is 4.71. The molecule has 1 aromatic rings. The van der Waals surface area contributed by atoms with Crippen LogP contribution in [0.3, 0.4) is 0 Å². The van der Waals surface area contributed by atoms with Crippen LogP contribution in [0.15, 0.2) is 12.1 Å². The molecule has 0 atom stereocenters. The normalized spacial score (nSPS) is 10.0. The number of aryl methyl sites for hydroxylation is 1. The Balaban J connectivity index is 3.39. The van der Waals surface area contributed by atoms with E-state index < -0.39 is 12.4 Å². The van der Waals surface area contributed by atoms with Gasteiger partial charge in [0.25, 0.3) is 6.43 Å². The minimum Gasteiger partial charge on any atom is -0.465 e. The van der Waals surface area contributed by atoms with Crippen LogP contribution in [-0.2, 0) is 4.74 Å². The number of hydrogen-bond acceptors (Lipinski definition) is 3. The van der Waals surface area contributed by atoms with Gasteiger partial charge < -0.3 is 4.74 Å². The largest absolute Gasteiger partial charge is 0.465 e. The van der Waals surface area contributed by atoms with E-state index >= 15 is 0 Å². The maximum Gasteiger partial charge on any atom is 0.339 e. The van der Waals surface area contributed by atoms with Gasteiger partial charge in [0.05, 0.1) is 18.2 Å². The van der Waals surface area contributed by atoms with Gasteiger partial charge in [-0.3, -0.25) is 0 Å². The van der Waals surface area contributed by atoms with Gasteiger partial charge in [-0.2, -0.15) is 5.26 Å². The molecular weight excluding hydrogens is 216 g/mol. The Hall–Kier alpha value is -1.96. The van der Waals surface area contributed by atoms with Crippen LogP contribution in [0.2, 0.25) is 0 Å². The van der Waals surface area contributed by atoms with Crippen molar-refractivity contribution in [3.05, 3.63) is 34.4 Å². The summed E-state index contributed by atoms with van der Waals surface area (Å²) in [7, 11) is 1.17. The Morgan fingerprint density at radius 2 is 2.12 bits per heavy atom. The molecule has 0 aliphatic heterocycles. The average molecular weight is 225 g/mol. The predicted octanol–water partition coefficient (Wildman–Crippen LogP) is 2.59. The van der Waals surface area contributed by atoms with Gasteiger partial charge in [-0.05, 0) is 24.6 Å². The Morgan fingerprint density at radius 1 is 1.50 bits per heavy atom. The van der Waals surface area contributed by atoms with Gasteiger partial charge in [0.15, 0.2) is 0 Å². The number of methoxy groups -OCH3 is 1. The van der Waals surface area contributed by atoms with E-state index in [1.807, 2.05) is 0 Å². The van der Waals surface area contributed by atoms with Crippen molar-refractivity contribution in [2.24, 2.45) is 0 Å². The number of rotatable bonds is 2. The zero-order valence-electron chi connectivity index (χ0n) is 8.75. The van der Waals surface area contributed by atoms with Gasteiger partial charge in [-0.1, -0.05) is 0 Å². The third kappa shape index (κ3) is 2.16. The Kier molecular flexibility index (Phi) is 3.56. The molecule has 0 aromatic heterocycles. The molecule has 0 spiro atoms. The first-order valence-corrected chi connectivity index (χ1v) is 4.42. The molecule has 0 aliphatic rings. The summed E-state index contributed by atoms with van der Waals surface area (Å²) in [5.74, 6) is -0.708. The van der Waals surface area contributed by atoms with Gasteiger partial charge in [-0.15, -0.1) is 0 Å². The number of ether oxygens (including phenoxy) is 1. The molecule has 1 rings (SSSR count). The van der Waals surface area contributed by atoms with Crippen LogP contribution in [-0.4, -0.2) is 13.1 Å². The molecule has 0 saturated heterocycles. The lowest BCUT2D eigenvalue weighted by atomic mass is 10.00. The summed E-state index contributed by atoms with van der Waals surface area (Å²) in [5, 5.41) is 8.76. The first-order valence-electron chi connectivity index (χ1n) is 4.42. The van der Waals surface area contributed by atoms with E-state index in [0.29, 0.717) is 0 Å². The highest BCUT2D eigenvalue weighted by atomic mass is 19.3. The molecule has 0 heterocycles. The van der Waals surface area contributed by atoms with Gasteiger partial charge in [0.1, 0.15) is 6.07 Å². The van der Waals surface area contributed by atoms with Crippen molar-refractivity contribution in [2.75, 3.05) is 7.11 Å². The lowest BCUT2D eigenvalue weighted by Crippen LogP contribution is -2.06. The van der Waals surface area contributed by atoms with Gasteiger partial charge in [-0.25, -0.2) is 13.6 Å². The van der Waals surface area contributed by atoms with E-state index in [9.17, 15) is 13.6 Å². The van der Waals surface area contributed by atoms with E-state index in [1.54, 1.807) is 6.07 Å². The van der Waals surface area contributed by atoms with E-state index in [0.717, 1.165) is 6.07 Å². The molecule has 0 N–H and O–H groups in total. The fraction of sp³-hybridized carbons (Fsp3) is 0.273. The van der Waals surface area contributed by atoms with Crippen molar-refractivity contribution >= 4 is 5.97 Å². The van der Waals surface area contributed by atoms with E-state index in [-0.39, 0.29) is 22.3 Å². The smallest absolute Gasteiger partial charge is 0.339 e. The summed E-state index contributed by atoms with van der Waals surface area (Å²) in [6, 6.07) is 3.96. The first kappa shape index (κ1) is 12.1. The molecule has 0 saturated carbocycles. The van der Waals surface area contributed by atoms with Crippen LogP contribution >= 0.6 is 0 Å². The minimum atomic E-state index is -2.67. The maximum absolute atomic E-state index is 12.5. The van der Waals surface area contributed by atoms with Gasteiger partial charge in [0, 0.05) is 5.56 Å². The van der Waals surface area contributed by atoms with E-state index in [1.165, 1.54) is 20.1 Å². The highest BCUT2D eigenvalue weighted by Crippen LogP contribution is 2.26. The standard InChI is InChI=1S/C11H9F2NO2/c1-6-3-9(11(15)16-2)7(5-14)4-8(6)10(12)13/h3-4,10H,1-2H3. The quantitative estimate of drug-likeness (QED) is 0.727. The van der Waals surface area contributed by atoms with Crippen molar-refractivity contribution < 1.29 is 18.3 Å². The number of alkyl halides is 2. The number of hydrogen-bond donors (Lipinski definition) is 0. The average Bonchev–Trinajstić information content (AvgIpc) is 2.27. The molecule has 16 heavy (non-hydrogen) atoms. The SMILES string of the molecule is COC(=O)c1cc(C)c(C(F)F)cc1C#N. The zero-order chi connectivity index (χ0) is 12.3. The predicted molar refractivity (Wildman–Crippen MR) is 52.2 cm³/mol. The van der Waals surface area contributed by atoms with Crippen LogP contribution in [0, 0.1) is 18.3 Å². The first-order chi connectivity index (χ1) is 7.51. The monoisotopic (exact) mass is 225 g/mol. The summed E-state index contributed by atoms with van der Waals surface area (Å²) < 4.78 is 29.5. The minimum absolute atomic E-state index is 0.00639. The molecule has 5 heteroatoms. The summed E-state index contributed by atoms with van der Waals surface area (Å²) in [6.07, 6.45) is -2.67. The lowest BCUT2D eigenvalue weighted by molar-refractivity contribution is 0.0600. The summed E-state index contributed by atoms with van der Waals surface area (Å²) >= 11 is 0. The van der Waals surface area contributed by atoms with Crippen LogP contribution in [0.1, 0.15) is 33.5 Å². The number of esters is 1. The third-order valence-corrected chi connectivity index (χ3v) is 2.17. The van der Waals surface area contributed by atoms with Crippen LogP contribution in [0.25, 0.3) is 0 Å². The molecule has 0 unspecified atom stereocenters. The second-order valence-electron chi connectivity index (χ2n) is 3.16. The Bertz CT molecular complexity index is 464. The highest BCUT2D eigenvalue weighted by Gasteiger charge is 2.18. The molecule has 84 valence electrons. The molecule has 0 fully saturated rings. The number of benzene rings is 1. The second-order valence-corrected chi connectivity index (χ2v) is 3.16.